The average molecular weight is 360 g/mol. The Labute approximate surface area is 158 Å². The van der Waals surface area contributed by atoms with Gasteiger partial charge in [0.15, 0.2) is 0 Å². The molecule has 26 heavy (non-hydrogen) atoms. The van der Waals surface area contributed by atoms with Gasteiger partial charge in [-0.25, -0.2) is 4.98 Å². The van der Waals surface area contributed by atoms with Gasteiger partial charge in [0.1, 0.15) is 6.10 Å². The highest BCUT2D eigenvalue weighted by molar-refractivity contribution is 5.18. The minimum Gasteiger partial charge on any atom is -0.473 e. The number of morpholine rings is 1. The minimum atomic E-state index is 0.145. The summed E-state index contributed by atoms with van der Waals surface area (Å²) in [5.74, 6) is 0.731. The predicted molar refractivity (Wildman–Crippen MR) is 104 cm³/mol. The molecule has 0 radical (unpaired) electrons. The van der Waals surface area contributed by atoms with E-state index in [1.54, 1.807) is 0 Å². The van der Waals surface area contributed by atoms with Crippen LogP contribution >= 0.6 is 0 Å². The zero-order valence-corrected chi connectivity index (χ0v) is 15.9. The third kappa shape index (κ3) is 6.38. The van der Waals surface area contributed by atoms with Crippen LogP contribution in [0.15, 0.2) is 31.0 Å². The van der Waals surface area contributed by atoms with Crippen molar-refractivity contribution >= 4 is 0 Å². The van der Waals surface area contributed by atoms with Crippen molar-refractivity contribution in [3.63, 3.8) is 0 Å². The molecule has 1 atom stereocenters. The molecule has 2 aliphatic heterocycles. The van der Waals surface area contributed by atoms with Gasteiger partial charge in [-0.05, 0) is 44.3 Å². The van der Waals surface area contributed by atoms with Crippen molar-refractivity contribution in [3.8, 4) is 5.88 Å². The van der Waals surface area contributed by atoms with E-state index in [-0.39, 0.29) is 6.10 Å². The van der Waals surface area contributed by atoms with Crippen LogP contribution in [0.3, 0.4) is 0 Å². The Balaban J connectivity index is 1.52. The van der Waals surface area contributed by atoms with Crippen LogP contribution in [0.4, 0.5) is 0 Å². The maximum Gasteiger partial charge on any atom is 0.213 e. The van der Waals surface area contributed by atoms with E-state index in [0.717, 1.165) is 58.1 Å². The van der Waals surface area contributed by atoms with Crippen LogP contribution in [0.25, 0.3) is 0 Å². The molecule has 1 aromatic rings. The second kappa shape index (κ2) is 10.7. The number of hydrogen-bond donors (Lipinski definition) is 0. The van der Waals surface area contributed by atoms with E-state index >= 15 is 0 Å². The first-order valence-electron chi connectivity index (χ1n) is 10.1. The Morgan fingerprint density at radius 3 is 2.62 bits per heavy atom. The van der Waals surface area contributed by atoms with Gasteiger partial charge in [-0.2, -0.15) is 0 Å². The van der Waals surface area contributed by atoms with Crippen LogP contribution in [-0.2, 0) is 11.3 Å². The molecule has 5 nitrogen and oxygen atoms in total. The van der Waals surface area contributed by atoms with E-state index in [9.17, 15) is 0 Å². The van der Waals surface area contributed by atoms with Gasteiger partial charge < -0.3 is 9.47 Å². The van der Waals surface area contributed by atoms with Gasteiger partial charge >= 0.3 is 0 Å². The number of rotatable bonds is 9. The Hall–Kier alpha value is -1.43. The van der Waals surface area contributed by atoms with Gasteiger partial charge in [-0.15, -0.1) is 6.58 Å². The maximum absolute atomic E-state index is 6.21. The van der Waals surface area contributed by atoms with Crippen LogP contribution in [0.1, 0.15) is 37.7 Å². The molecule has 0 N–H and O–H groups in total. The molecule has 2 aliphatic rings. The van der Waals surface area contributed by atoms with Crippen molar-refractivity contribution in [2.75, 3.05) is 45.9 Å². The predicted octanol–water partition coefficient (Wildman–Crippen LogP) is 3.11. The monoisotopic (exact) mass is 359 g/mol. The van der Waals surface area contributed by atoms with Gasteiger partial charge in [0, 0.05) is 38.4 Å². The molecule has 0 amide bonds. The number of aromatic nitrogens is 1. The average Bonchev–Trinajstić information content (AvgIpc) is 2.69. The second-order valence-corrected chi connectivity index (χ2v) is 7.36. The summed E-state index contributed by atoms with van der Waals surface area (Å²) in [6, 6.07) is 4.19. The molecule has 0 saturated carbocycles. The van der Waals surface area contributed by atoms with Crippen molar-refractivity contribution in [3.05, 3.63) is 36.5 Å². The summed E-state index contributed by atoms with van der Waals surface area (Å²) < 4.78 is 11.7. The fraction of sp³-hybridized carbons (Fsp3) is 0.667. The van der Waals surface area contributed by atoms with Gasteiger partial charge in [-0.1, -0.05) is 18.6 Å². The first-order valence-corrected chi connectivity index (χ1v) is 10.1. The van der Waals surface area contributed by atoms with E-state index in [0.29, 0.717) is 0 Å². The summed E-state index contributed by atoms with van der Waals surface area (Å²) in [5.41, 5.74) is 1.27. The smallest absolute Gasteiger partial charge is 0.213 e. The quantitative estimate of drug-likeness (QED) is 0.634. The van der Waals surface area contributed by atoms with Crippen LogP contribution in [0.2, 0.25) is 0 Å². The fourth-order valence-electron chi connectivity index (χ4n) is 3.68. The lowest BCUT2D eigenvalue weighted by Crippen LogP contribution is -2.42. The lowest BCUT2D eigenvalue weighted by Gasteiger charge is -2.30. The molecule has 144 valence electrons. The van der Waals surface area contributed by atoms with Crippen molar-refractivity contribution < 1.29 is 9.47 Å². The summed E-state index contributed by atoms with van der Waals surface area (Å²) in [6.07, 6.45) is 10.0. The van der Waals surface area contributed by atoms with Gasteiger partial charge in [0.2, 0.25) is 5.88 Å². The summed E-state index contributed by atoms with van der Waals surface area (Å²) in [5, 5.41) is 0. The van der Waals surface area contributed by atoms with E-state index in [1.807, 2.05) is 18.3 Å². The Bertz CT molecular complexity index is 523. The first-order chi connectivity index (χ1) is 12.8. The largest absolute Gasteiger partial charge is 0.473 e. The van der Waals surface area contributed by atoms with Crippen LogP contribution < -0.4 is 4.74 Å². The van der Waals surface area contributed by atoms with Crippen molar-refractivity contribution in [2.45, 2.75) is 44.8 Å². The van der Waals surface area contributed by atoms with Gasteiger partial charge in [0.05, 0.1) is 13.2 Å². The number of likely N-dealkylation sites (tertiary alicyclic amines) is 1. The van der Waals surface area contributed by atoms with Crippen LogP contribution in [0, 0.1) is 0 Å². The van der Waals surface area contributed by atoms with Crippen molar-refractivity contribution in [1.29, 1.82) is 0 Å². The molecule has 0 aliphatic carbocycles. The van der Waals surface area contributed by atoms with Gasteiger partial charge in [-0.3, -0.25) is 9.80 Å². The third-order valence-electron chi connectivity index (χ3n) is 5.20. The molecule has 3 heterocycles. The van der Waals surface area contributed by atoms with E-state index < -0.39 is 0 Å². The lowest BCUT2D eigenvalue weighted by atomic mass is 10.1. The normalized spacial score (nSPS) is 20.6. The molecule has 2 saturated heterocycles. The number of pyridine rings is 1. The zero-order chi connectivity index (χ0) is 18.0. The van der Waals surface area contributed by atoms with Crippen LogP contribution in [-0.4, -0.2) is 66.8 Å². The minimum absolute atomic E-state index is 0.145. The highest BCUT2D eigenvalue weighted by Crippen LogP contribution is 2.17. The maximum atomic E-state index is 6.21. The molecule has 1 aromatic heterocycles. The standard InChI is InChI=1S/C21H33N3O2/c1-2-3-7-20(18-24-12-14-25-15-13-24)26-21-9-8-19(16-22-21)17-23-10-5-4-6-11-23/h2,8-9,16,20H,1,3-7,10-15,17-18H2/t20-/m0/s1. The zero-order valence-electron chi connectivity index (χ0n) is 15.9. The highest BCUT2D eigenvalue weighted by Gasteiger charge is 2.18. The number of allylic oxidation sites excluding steroid dienone is 1. The summed E-state index contributed by atoms with van der Waals surface area (Å²) in [7, 11) is 0. The Morgan fingerprint density at radius 2 is 1.92 bits per heavy atom. The van der Waals surface area contributed by atoms with E-state index in [1.165, 1.54) is 37.9 Å². The molecule has 3 rings (SSSR count). The second-order valence-electron chi connectivity index (χ2n) is 7.36. The number of piperidine rings is 1. The molecule has 0 spiro atoms. The summed E-state index contributed by atoms with van der Waals surface area (Å²) in [6.45, 7) is 11.8. The van der Waals surface area contributed by atoms with E-state index in [4.69, 9.17) is 9.47 Å². The Morgan fingerprint density at radius 1 is 1.12 bits per heavy atom. The molecule has 2 fully saturated rings. The van der Waals surface area contributed by atoms with Crippen molar-refractivity contribution in [2.24, 2.45) is 0 Å². The summed E-state index contributed by atoms with van der Waals surface area (Å²) >= 11 is 0. The highest BCUT2D eigenvalue weighted by atomic mass is 16.5. The van der Waals surface area contributed by atoms with Gasteiger partial charge in [0.25, 0.3) is 0 Å². The molecule has 0 bridgehead atoms. The topological polar surface area (TPSA) is 37.8 Å². The lowest BCUT2D eigenvalue weighted by molar-refractivity contribution is 0.0174. The number of nitrogens with zero attached hydrogens (tertiary/aromatic N) is 3. The van der Waals surface area contributed by atoms with Crippen molar-refractivity contribution in [1.82, 2.24) is 14.8 Å². The fourth-order valence-corrected chi connectivity index (χ4v) is 3.68. The van der Waals surface area contributed by atoms with Crippen LogP contribution in [0.5, 0.6) is 5.88 Å². The number of hydrogen-bond acceptors (Lipinski definition) is 5. The Kier molecular flexibility index (Phi) is 7.92. The van der Waals surface area contributed by atoms with E-state index in [2.05, 4.69) is 27.4 Å². The first kappa shape index (κ1) is 19.3. The summed E-state index contributed by atoms with van der Waals surface area (Å²) in [4.78, 5) is 9.51. The number of ether oxygens (including phenoxy) is 2. The third-order valence-corrected chi connectivity index (χ3v) is 5.20. The molecule has 0 unspecified atom stereocenters. The molecular formula is C21H33N3O2. The SMILES string of the molecule is C=CCC[C@@H](CN1CCOCC1)Oc1ccc(CN2CCCCC2)cn1. The molecule has 5 heteroatoms. The molecule has 0 aromatic carbocycles. The molecular weight excluding hydrogens is 326 g/mol.